The fraction of sp³-hybridized carbons (Fsp3) is 0.500. The molecule has 0 bridgehead atoms. The Morgan fingerprint density at radius 2 is 1.56 bits per heavy atom. The topological polar surface area (TPSA) is 36.0 Å². The Hall–Kier alpha value is -2.44. The van der Waals surface area contributed by atoms with E-state index in [0.29, 0.717) is 32.0 Å². The summed E-state index contributed by atoms with van der Waals surface area (Å²) in [4.78, 5) is 15.5. The average molecular weight is 440 g/mol. The van der Waals surface area contributed by atoms with Crippen molar-refractivity contribution in [1.82, 2.24) is 14.9 Å². The van der Waals surface area contributed by atoms with Gasteiger partial charge in [-0.15, -0.1) is 0 Å². The van der Waals surface area contributed by atoms with Crippen molar-refractivity contribution in [2.24, 2.45) is 5.92 Å². The number of halogens is 1. The Morgan fingerprint density at radius 3 is 2.19 bits per heavy atom. The molecule has 2 fully saturated rings. The lowest BCUT2D eigenvalue weighted by Crippen LogP contribution is -2.54. The number of nitrogens with zero attached hydrogens (tertiary/aromatic N) is 3. The molecule has 0 aliphatic carbocycles. The van der Waals surface area contributed by atoms with Crippen LogP contribution in [0.15, 0.2) is 48.5 Å². The summed E-state index contributed by atoms with van der Waals surface area (Å²) < 4.78 is 19.3. The van der Waals surface area contributed by atoms with E-state index in [-0.39, 0.29) is 17.3 Å². The molecule has 1 amide bonds. The maximum atomic E-state index is 13.5. The van der Waals surface area contributed by atoms with Crippen LogP contribution in [0.25, 0.3) is 0 Å². The van der Waals surface area contributed by atoms with Crippen LogP contribution in [0.1, 0.15) is 44.2 Å². The second kappa shape index (κ2) is 9.59. The van der Waals surface area contributed by atoms with Gasteiger partial charge >= 0.3 is 0 Å². The first kappa shape index (κ1) is 22.7. The molecule has 0 unspecified atom stereocenters. The smallest absolute Gasteiger partial charge is 0.239 e. The fourth-order valence-corrected chi connectivity index (χ4v) is 4.64. The zero-order valence-electron chi connectivity index (χ0n) is 19.4. The molecule has 0 aromatic heterocycles. The number of hydrazine groups is 1. The van der Waals surface area contributed by atoms with Gasteiger partial charge in [-0.05, 0) is 74.3 Å². The number of piperidine rings is 1. The maximum absolute atomic E-state index is 13.5. The van der Waals surface area contributed by atoms with E-state index >= 15 is 0 Å². The lowest BCUT2D eigenvalue weighted by atomic mass is 9.84. The van der Waals surface area contributed by atoms with E-state index in [1.807, 2.05) is 41.4 Å². The van der Waals surface area contributed by atoms with Crippen molar-refractivity contribution in [3.63, 3.8) is 0 Å². The van der Waals surface area contributed by atoms with Crippen LogP contribution in [0, 0.1) is 11.7 Å². The van der Waals surface area contributed by atoms with Crippen LogP contribution in [-0.2, 0) is 17.9 Å². The number of benzene rings is 2. The average Bonchev–Trinajstić information content (AvgIpc) is 3.02. The monoisotopic (exact) mass is 439 g/mol. The second-order valence-corrected chi connectivity index (χ2v) is 9.69. The predicted octanol–water partition coefficient (Wildman–Crippen LogP) is 4.47. The molecular formula is C26H34FN3O2. The number of likely N-dealkylation sites (tertiary alicyclic amines) is 1. The zero-order chi connectivity index (χ0) is 22.7. The van der Waals surface area contributed by atoms with E-state index < -0.39 is 0 Å². The van der Waals surface area contributed by atoms with Crippen LogP contribution in [0.3, 0.4) is 0 Å². The molecule has 1 spiro atoms. The number of hydrogen-bond donors (Lipinski definition) is 0. The van der Waals surface area contributed by atoms with Crippen LogP contribution in [0.5, 0.6) is 5.75 Å². The number of rotatable bonds is 7. The molecule has 4 rings (SSSR count). The molecule has 32 heavy (non-hydrogen) atoms. The molecule has 2 aliphatic rings. The normalized spacial score (nSPS) is 19.3. The molecule has 0 radical (unpaired) electrons. The van der Waals surface area contributed by atoms with Gasteiger partial charge < -0.3 is 9.64 Å². The third-order valence-corrected chi connectivity index (χ3v) is 6.61. The Labute approximate surface area is 190 Å². The first-order valence-electron chi connectivity index (χ1n) is 11.6. The van der Waals surface area contributed by atoms with Gasteiger partial charge in [-0.1, -0.05) is 38.1 Å². The minimum Gasteiger partial charge on any atom is -0.493 e. The number of carbonyl (C=O) groups excluding carboxylic acids is 1. The molecule has 2 saturated heterocycles. The van der Waals surface area contributed by atoms with Crippen molar-refractivity contribution < 1.29 is 13.9 Å². The molecule has 2 heterocycles. The van der Waals surface area contributed by atoms with Gasteiger partial charge in [0.15, 0.2) is 0 Å². The summed E-state index contributed by atoms with van der Waals surface area (Å²) in [6, 6.07) is 14.7. The van der Waals surface area contributed by atoms with Crippen molar-refractivity contribution in [1.29, 1.82) is 0 Å². The van der Waals surface area contributed by atoms with Gasteiger partial charge in [0.1, 0.15) is 11.6 Å². The molecule has 0 N–H and O–H groups in total. The summed E-state index contributed by atoms with van der Waals surface area (Å²) >= 11 is 0. The Balaban J connectivity index is 1.54. The van der Waals surface area contributed by atoms with Crippen LogP contribution in [-0.4, -0.2) is 53.1 Å². The van der Waals surface area contributed by atoms with E-state index in [0.717, 1.165) is 42.8 Å². The van der Waals surface area contributed by atoms with Crippen molar-refractivity contribution >= 4 is 5.91 Å². The first-order chi connectivity index (χ1) is 15.3. The van der Waals surface area contributed by atoms with E-state index in [1.165, 1.54) is 12.1 Å². The van der Waals surface area contributed by atoms with Gasteiger partial charge in [-0.3, -0.25) is 9.80 Å². The van der Waals surface area contributed by atoms with Gasteiger partial charge in [0, 0.05) is 13.0 Å². The highest BCUT2D eigenvalue weighted by Crippen LogP contribution is 2.41. The molecule has 172 valence electrons. The van der Waals surface area contributed by atoms with Crippen molar-refractivity contribution in [2.75, 3.05) is 26.7 Å². The summed E-state index contributed by atoms with van der Waals surface area (Å²) in [5.41, 5.74) is 1.92. The van der Waals surface area contributed by atoms with E-state index in [4.69, 9.17) is 4.74 Å². The lowest BCUT2D eigenvalue weighted by molar-refractivity contribution is -0.145. The van der Waals surface area contributed by atoms with Gasteiger partial charge in [0.2, 0.25) is 5.91 Å². The number of carbonyl (C=O) groups is 1. The van der Waals surface area contributed by atoms with Crippen LogP contribution >= 0.6 is 0 Å². The van der Waals surface area contributed by atoms with Gasteiger partial charge in [0.25, 0.3) is 0 Å². The highest BCUT2D eigenvalue weighted by Gasteiger charge is 2.50. The third kappa shape index (κ3) is 5.13. The highest BCUT2D eigenvalue weighted by atomic mass is 19.1. The Morgan fingerprint density at radius 1 is 0.969 bits per heavy atom. The Kier molecular flexibility index (Phi) is 6.82. The Bertz CT molecular complexity index is 906. The summed E-state index contributed by atoms with van der Waals surface area (Å²) in [7, 11) is 2.13. The summed E-state index contributed by atoms with van der Waals surface area (Å²) in [6.07, 6.45) is 2.45. The largest absolute Gasteiger partial charge is 0.493 e. The third-order valence-electron chi connectivity index (χ3n) is 6.61. The van der Waals surface area contributed by atoms with E-state index in [2.05, 4.69) is 30.8 Å². The molecule has 6 heteroatoms. The lowest BCUT2D eigenvalue weighted by Gasteiger charge is -2.45. The van der Waals surface area contributed by atoms with Gasteiger partial charge in [-0.25, -0.2) is 9.40 Å². The van der Waals surface area contributed by atoms with Crippen molar-refractivity contribution in [2.45, 2.75) is 51.7 Å². The van der Waals surface area contributed by atoms with Crippen molar-refractivity contribution in [3.8, 4) is 5.75 Å². The number of ether oxygens (including phenoxy) is 1. The minimum absolute atomic E-state index is 0.164. The van der Waals surface area contributed by atoms with E-state index in [1.54, 1.807) is 0 Å². The zero-order valence-corrected chi connectivity index (χ0v) is 19.4. The SMILES string of the molecule is CC(C)COc1ccc(CN2C(=O)CC3(CCN(C)CC3)N2Cc2ccc(F)cc2)cc1. The first-order valence-corrected chi connectivity index (χ1v) is 11.6. The molecule has 2 aliphatic heterocycles. The van der Waals surface area contributed by atoms with Gasteiger partial charge in [0.05, 0.1) is 18.7 Å². The molecule has 2 aromatic rings. The summed E-state index contributed by atoms with van der Waals surface area (Å²) in [5.74, 6) is 1.25. The van der Waals surface area contributed by atoms with E-state index in [9.17, 15) is 9.18 Å². The molecule has 2 aromatic carbocycles. The van der Waals surface area contributed by atoms with Crippen molar-refractivity contribution in [3.05, 3.63) is 65.5 Å². The predicted molar refractivity (Wildman–Crippen MR) is 123 cm³/mol. The molecule has 5 nitrogen and oxygen atoms in total. The minimum atomic E-state index is -0.239. The quantitative estimate of drug-likeness (QED) is 0.638. The van der Waals surface area contributed by atoms with Crippen LogP contribution < -0.4 is 4.74 Å². The fourth-order valence-electron chi connectivity index (χ4n) is 4.64. The highest BCUT2D eigenvalue weighted by molar-refractivity contribution is 5.79. The van der Waals surface area contributed by atoms with Gasteiger partial charge in [-0.2, -0.15) is 0 Å². The standard InChI is InChI=1S/C26H34FN3O2/c1-20(2)19-32-24-10-6-21(7-11-24)17-29-25(31)16-26(12-14-28(3)15-13-26)30(29)18-22-4-8-23(27)9-5-22/h4-11,20H,12-19H2,1-3H3. The van der Waals surface area contributed by atoms with Crippen LogP contribution in [0.2, 0.25) is 0 Å². The summed E-state index contributed by atoms with van der Waals surface area (Å²) in [6.45, 7) is 8.02. The number of hydrogen-bond acceptors (Lipinski definition) is 4. The number of amides is 1. The second-order valence-electron chi connectivity index (χ2n) is 9.69. The molecule has 0 saturated carbocycles. The molecule has 0 atom stereocenters. The maximum Gasteiger partial charge on any atom is 0.239 e. The van der Waals surface area contributed by atoms with Crippen LogP contribution in [0.4, 0.5) is 4.39 Å². The molecular weight excluding hydrogens is 405 g/mol. The summed E-state index contributed by atoms with van der Waals surface area (Å²) in [5, 5.41) is 4.18.